The Morgan fingerprint density at radius 2 is 1.86 bits per heavy atom. The second-order valence-electron chi connectivity index (χ2n) is 8.63. The molecule has 0 bridgehead atoms. The minimum absolute atomic E-state index is 0.121. The molecule has 2 heterocycles. The van der Waals surface area contributed by atoms with Crippen molar-refractivity contribution in [3.8, 4) is 5.75 Å². The fourth-order valence-corrected chi connectivity index (χ4v) is 4.17. The lowest BCUT2D eigenvalue weighted by Crippen LogP contribution is -2.37. The molecule has 1 amide bonds. The number of ether oxygens (including phenoxy) is 1. The van der Waals surface area contributed by atoms with Crippen LogP contribution < -0.4 is 4.74 Å². The molecule has 4 aromatic rings. The van der Waals surface area contributed by atoms with E-state index in [0.717, 1.165) is 52.9 Å². The summed E-state index contributed by atoms with van der Waals surface area (Å²) in [5.74, 6) is 0.811. The molecule has 0 aliphatic carbocycles. The maximum Gasteiger partial charge on any atom is 0.416 e. The summed E-state index contributed by atoms with van der Waals surface area (Å²) in [6.45, 7) is 6.17. The van der Waals surface area contributed by atoms with Crippen LogP contribution >= 0.6 is 0 Å². The number of carbonyl (C=O) groups is 2. The molecule has 8 nitrogen and oxygen atoms in total. The first-order valence-corrected chi connectivity index (χ1v) is 11.5. The summed E-state index contributed by atoms with van der Waals surface area (Å²) in [7, 11) is 0. The number of carbonyl (C=O) groups excluding carboxylic acids is 1. The maximum atomic E-state index is 12.8. The molecule has 2 aromatic heterocycles. The Labute approximate surface area is 203 Å². The quantitative estimate of drug-likeness (QED) is 0.354. The van der Waals surface area contributed by atoms with E-state index in [1.807, 2.05) is 63.4 Å². The first-order valence-electron chi connectivity index (χ1n) is 11.5. The number of benzene rings is 2. The van der Waals surface area contributed by atoms with Crippen molar-refractivity contribution < 1.29 is 23.8 Å². The second kappa shape index (κ2) is 10.5. The predicted molar refractivity (Wildman–Crippen MR) is 131 cm³/mol. The van der Waals surface area contributed by atoms with E-state index >= 15 is 0 Å². The topological polar surface area (TPSA) is 97.8 Å². The standard InChI is InChI=1S/C27H29N3O5/c1-18-9-11-22(12-10-18)35-27(33)30(17-26(31)32)16-21-6-4-8-25-23(21)13-15-29(25)14-5-7-24-19(2)34-20(3)28-24/h4,6,8-13,15H,5,7,14,16-17H2,1-3H3,(H,31,32). The molecule has 0 unspecified atom stereocenters. The Hall–Kier alpha value is -4.07. The third kappa shape index (κ3) is 5.90. The van der Waals surface area contributed by atoms with Crippen molar-refractivity contribution >= 4 is 23.0 Å². The average Bonchev–Trinajstić information content (AvgIpc) is 3.37. The van der Waals surface area contributed by atoms with E-state index in [0.29, 0.717) is 11.6 Å². The van der Waals surface area contributed by atoms with Crippen LogP contribution in [0.25, 0.3) is 10.9 Å². The van der Waals surface area contributed by atoms with Crippen LogP contribution in [0.1, 0.15) is 34.9 Å². The van der Waals surface area contributed by atoms with Crippen molar-refractivity contribution in [2.24, 2.45) is 0 Å². The zero-order chi connectivity index (χ0) is 24.9. The van der Waals surface area contributed by atoms with E-state index in [1.165, 1.54) is 4.90 Å². The zero-order valence-corrected chi connectivity index (χ0v) is 20.2. The molecule has 182 valence electrons. The molecule has 4 rings (SSSR count). The second-order valence-corrected chi connectivity index (χ2v) is 8.63. The van der Waals surface area contributed by atoms with Crippen LogP contribution in [0.4, 0.5) is 4.79 Å². The van der Waals surface area contributed by atoms with E-state index in [4.69, 9.17) is 9.15 Å². The molecule has 0 saturated heterocycles. The Kier molecular flexibility index (Phi) is 7.19. The van der Waals surface area contributed by atoms with Crippen LogP contribution in [0.2, 0.25) is 0 Å². The van der Waals surface area contributed by atoms with Crippen molar-refractivity contribution in [1.82, 2.24) is 14.5 Å². The van der Waals surface area contributed by atoms with Gasteiger partial charge in [-0.3, -0.25) is 9.69 Å². The molecule has 0 atom stereocenters. The van der Waals surface area contributed by atoms with Crippen LogP contribution in [0.3, 0.4) is 0 Å². The molecule has 8 heteroatoms. The lowest BCUT2D eigenvalue weighted by atomic mass is 10.1. The van der Waals surface area contributed by atoms with Crippen molar-refractivity contribution in [2.45, 2.75) is 46.7 Å². The van der Waals surface area contributed by atoms with Crippen LogP contribution in [0, 0.1) is 20.8 Å². The van der Waals surface area contributed by atoms with E-state index in [9.17, 15) is 14.7 Å². The molecule has 0 aliphatic rings. The first-order chi connectivity index (χ1) is 16.8. The van der Waals surface area contributed by atoms with Gasteiger partial charge in [0, 0.05) is 30.6 Å². The molecule has 0 aliphatic heterocycles. The molecule has 0 radical (unpaired) electrons. The number of aromatic nitrogens is 2. The minimum Gasteiger partial charge on any atom is -0.480 e. The highest BCUT2D eigenvalue weighted by Gasteiger charge is 2.21. The Morgan fingerprint density at radius 1 is 1.09 bits per heavy atom. The third-order valence-electron chi connectivity index (χ3n) is 5.89. The molecular weight excluding hydrogens is 446 g/mol. The highest BCUT2D eigenvalue weighted by Crippen LogP contribution is 2.23. The lowest BCUT2D eigenvalue weighted by Gasteiger charge is -2.21. The van der Waals surface area contributed by atoms with E-state index < -0.39 is 18.6 Å². The molecular formula is C27H29N3O5. The Balaban J connectivity index is 1.48. The number of aryl methyl sites for hydroxylation is 5. The fraction of sp³-hybridized carbons (Fsp3) is 0.296. The number of nitrogens with zero attached hydrogens (tertiary/aromatic N) is 3. The third-order valence-corrected chi connectivity index (χ3v) is 5.89. The van der Waals surface area contributed by atoms with Gasteiger partial charge in [-0.25, -0.2) is 9.78 Å². The number of oxazole rings is 1. The SMILES string of the molecule is Cc1ccc(OC(=O)N(CC(=O)O)Cc2cccc3c2ccn3CCCc2nc(C)oc2C)cc1. The van der Waals surface area contributed by atoms with Gasteiger partial charge in [0.2, 0.25) is 0 Å². The van der Waals surface area contributed by atoms with Gasteiger partial charge in [-0.1, -0.05) is 29.8 Å². The normalized spacial score (nSPS) is 11.1. The number of carboxylic acid groups (broad SMARTS) is 1. The summed E-state index contributed by atoms with van der Waals surface area (Å²) in [6.07, 6.45) is 3.03. The summed E-state index contributed by atoms with van der Waals surface area (Å²) in [5.41, 5.74) is 3.90. The fourth-order valence-electron chi connectivity index (χ4n) is 4.17. The van der Waals surface area contributed by atoms with Crippen LogP contribution in [0.5, 0.6) is 5.75 Å². The number of fused-ring (bicyclic) bond motifs is 1. The van der Waals surface area contributed by atoms with Crippen LogP contribution in [0.15, 0.2) is 59.1 Å². The van der Waals surface area contributed by atoms with Gasteiger partial charge < -0.3 is 18.8 Å². The van der Waals surface area contributed by atoms with Gasteiger partial charge in [-0.2, -0.15) is 0 Å². The number of rotatable bonds is 9. The van der Waals surface area contributed by atoms with Crippen molar-refractivity contribution in [3.63, 3.8) is 0 Å². The zero-order valence-electron chi connectivity index (χ0n) is 20.2. The average molecular weight is 476 g/mol. The highest BCUT2D eigenvalue weighted by molar-refractivity contribution is 5.85. The highest BCUT2D eigenvalue weighted by atomic mass is 16.6. The van der Waals surface area contributed by atoms with Crippen LogP contribution in [-0.4, -0.2) is 38.2 Å². The van der Waals surface area contributed by atoms with E-state index in [2.05, 4.69) is 9.55 Å². The number of aliphatic carboxylic acids is 1. The molecule has 2 aromatic carbocycles. The molecule has 1 N–H and O–H groups in total. The molecule has 0 saturated carbocycles. The minimum atomic E-state index is -1.10. The number of amides is 1. The smallest absolute Gasteiger partial charge is 0.416 e. The Morgan fingerprint density at radius 3 is 2.54 bits per heavy atom. The van der Waals surface area contributed by atoms with E-state index in [1.54, 1.807) is 12.1 Å². The summed E-state index contributed by atoms with van der Waals surface area (Å²) in [4.78, 5) is 29.9. The van der Waals surface area contributed by atoms with E-state index in [-0.39, 0.29) is 6.54 Å². The van der Waals surface area contributed by atoms with Gasteiger partial charge in [0.05, 0.1) is 12.2 Å². The number of carboxylic acids is 1. The van der Waals surface area contributed by atoms with Crippen molar-refractivity contribution in [3.05, 3.63) is 83.2 Å². The molecule has 35 heavy (non-hydrogen) atoms. The number of hydrogen-bond donors (Lipinski definition) is 1. The van der Waals surface area contributed by atoms with Crippen molar-refractivity contribution in [2.75, 3.05) is 6.54 Å². The summed E-state index contributed by atoms with van der Waals surface area (Å²) in [5, 5.41) is 10.3. The summed E-state index contributed by atoms with van der Waals surface area (Å²) in [6, 6.07) is 14.9. The van der Waals surface area contributed by atoms with Gasteiger partial charge in [-0.05, 0) is 56.5 Å². The van der Waals surface area contributed by atoms with Crippen molar-refractivity contribution in [1.29, 1.82) is 0 Å². The van der Waals surface area contributed by atoms with Gasteiger partial charge in [0.25, 0.3) is 0 Å². The van der Waals surface area contributed by atoms with Gasteiger partial charge in [-0.15, -0.1) is 0 Å². The first kappa shape index (κ1) is 24.1. The summed E-state index contributed by atoms with van der Waals surface area (Å²) < 4.78 is 13.1. The van der Waals surface area contributed by atoms with Gasteiger partial charge in [0.15, 0.2) is 5.89 Å². The largest absolute Gasteiger partial charge is 0.480 e. The van der Waals surface area contributed by atoms with Gasteiger partial charge >= 0.3 is 12.1 Å². The monoisotopic (exact) mass is 475 g/mol. The molecule has 0 fully saturated rings. The Bertz CT molecular complexity index is 1340. The lowest BCUT2D eigenvalue weighted by molar-refractivity contribution is -0.138. The van der Waals surface area contributed by atoms with Crippen LogP contribution in [-0.2, 0) is 24.3 Å². The maximum absolute atomic E-state index is 12.8. The van der Waals surface area contributed by atoms with Gasteiger partial charge in [0.1, 0.15) is 18.1 Å². The predicted octanol–water partition coefficient (Wildman–Crippen LogP) is 5.27. The summed E-state index contributed by atoms with van der Waals surface area (Å²) >= 11 is 0. The molecule has 0 spiro atoms. The number of hydrogen-bond acceptors (Lipinski definition) is 5.